The fraction of sp³-hybridized carbons (Fsp3) is 0.545. The molecule has 158 valence electrons. The minimum atomic E-state index is -1.09. The lowest BCUT2D eigenvalue weighted by Gasteiger charge is -2.32. The molecule has 1 saturated heterocycles. The number of likely N-dealkylation sites (tertiary alicyclic amines) is 1. The zero-order valence-electron chi connectivity index (χ0n) is 17.3. The predicted molar refractivity (Wildman–Crippen MR) is 110 cm³/mol. The van der Waals surface area contributed by atoms with E-state index in [2.05, 4.69) is 10.3 Å². The first-order valence-electron chi connectivity index (χ1n) is 10.4. The molecule has 1 aliphatic rings. The molecule has 2 N–H and O–H groups in total. The lowest BCUT2D eigenvalue weighted by Crippen LogP contribution is -2.46. The van der Waals surface area contributed by atoms with Crippen molar-refractivity contribution < 1.29 is 19.5 Å². The van der Waals surface area contributed by atoms with Crippen LogP contribution in [0, 0.1) is 11.8 Å². The highest BCUT2D eigenvalue weighted by molar-refractivity contribution is 5.88. The Kier molecular flexibility index (Phi) is 8.83. The summed E-state index contributed by atoms with van der Waals surface area (Å²) in [6.07, 6.45) is 9.27. The van der Waals surface area contributed by atoms with Crippen LogP contribution in [-0.4, -0.2) is 45.9 Å². The number of aromatic nitrogens is 1. The fourth-order valence-electron chi connectivity index (χ4n) is 3.83. The number of piperidine rings is 1. The third kappa shape index (κ3) is 7.00. The van der Waals surface area contributed by atoms with Crippen molar-refractivity contribution in [1.29, 1.82) is 0 Å². The number of carbonyl (C=O) groups excluding carboxylic acids is 2. The van der Waals surface area contributed by atoms with Gasteiger partial charge in [0.15, 0.2) is 0 Å². The number of nitrogens with one attached hydrogen (secondary N) is 1. The average molecular weight is 402 g/mol. The number of amides is 2. The molecule has 2 rings (SSSR count). The first kappa shape index (κ1) is 22.6. The number of carboxylic acids is 1. The van der Waals surface area contributed by atoms with Crippen molar-refractivity contribution in [3.63, 3.8) is 0 Å². The molecule has 0 unspecified atom stereocenters. The van der Waals surface area contributed by atoms with Crippen molar-refractivity contribution in [2.75, 3.05) is 13.1 Å². The molecule has 0 aromatic carbocycles. The van der Waals surface area contributed by atoms with Crippen LogP contribution < -0.4 is 5.32 Å². The number of hydrogen-bond acceptors (Lipinski definition) is 4. The Morgan fingerprint density at radius 1 is 1.31 bits per heavy atom. The van der Waals surface area contributed by atoms with E-state index in [-0.39, 0.29) is 30.2 Å². The number of aliphatic carboxylic acids is 1. The summed E-state index contributed by atoms with van der Waals surface area (Å²) < 4.78 is 0. The van der Waals surface area contributed by atoms with Gasteiger partial charge in [0.05, 0.1) is 6.54 Å². The van der Waals surface area contributed by atoms with E-state index < -0.39 is 5.97 Å². The third-order valence-electron chi connectivity index (χ3n) is 5.49. The molecule has 1 aliphatic heterocycles. The Hall–Kier alpha value is -2.70. The average Bonchev–Trinajstić information content (AvgIpc) is 2.70. The van der Waals surface area contributed by atoms with Crippen LogP contribution in [0.5, 0.6) is 0 Å². The smallest absolute Gasteiger partial charge is 0.330 e. The topological polar surface area (TPSA) is 99.6 Å². The SMILES string of the molecule is CCC(CC)/C(=C\C(=O)O)NC(=O)CN1CCC[C@@H](CCc2ccncc2)C1=O. The molecule has 2 heterocycles. The van der Waals surface area contributed by atoms with E-state index in [1.54, 1.807) is 17.3 Å². The van der Waals surface area contributed by atoms with Crippen molar-refractivity contribution in [2.24, 2.45) is 11.8 Å². The maximum absolute atomic E-state index is 12.8. The van der Waals surface area contributed by atoms with Crippen molar-refractivity contribution in [3.8, 4) is 0 Å². The van der Waals surface area contributed by atoms with Gasteiger partial charge in [0.2, 0.25) is 11.8 Å². The second-order valence-corrected chi connectivity index (χ2v) is 7.49. The number of carbonyl (C=O) groups is 3. The number of allylic oxidation sites excluding steroid dienone is 1. The van der Waals surface area contributed by atoms with Crippen LogP contribution in [0.4, 0.5) is 0 Å². The van der Waals surface area contributed by atoms with Crippen LogP contribution in [0.15, 0.2) is 36.3 Å². The first-order valence-corrected chi connectivity index (χ1v) is 10.4. The summed E-state index contributed by atoms with van der Waals surface area (Å²) in [6.45, 7) is 4.43. The summed E-state index contributed by atoms with van der Waals surface area (Å²) in [4.78, 5) is 42.1. The molecule has 1 aromatic heterocycles. The van der Waals surface area contributed by atoms with E-state index in [1.165, 1.54) is 0 Å². The summed E-state index contributed by atoms with van der Waals surface area (Å²) in [5.74, 6) is -1.53. The molecule has 2 amide bonds. The highest BCUT2D eigenvalue weighted by Crippen LogP contribution is 2.23. The Labute approximate surface area is 172 Å². The van der Waals surface area contributed by atoms with Gasteiger partial charge in [-0.1, -0.05) is 13.8 Å². The molecule has 7 heteroatoms. The van der Waals surface area contributed by atoms with Crippen molar-refractivity contribution in [3.05, 3.63) is 41.9 Å². The number of carboxylic acid groups (broad SMARTS) is 1. The standard InChI is InChI=1S/C22H31N3O4/c1-3-17(4-2)19(14-21(27)28)24-20(26)15-25-13-5-6-18(22(25)29)8-7-16-9-11-23-12-10-16/h9-12,14,17-18H,3-8,13,15H2,1-2H3,(H,24,26)(H,27,28)/b19-14+/t18-/m0/s1. The van der Waals surface area contributed by atoms with Gasteiger partial charge in [-0.2, -0.15) is 0 Å². The lowest BCUT2D eigenvalue weighted by molar-refractivity contribution is -0.142. The van der Waals surface area contributed by atoms with E-state index in [1.807, 2.05) is 26.0 Å². The number of pyridine rings is 1. The summed E-state index contributed by atoms with van der Waals surface area (Å²) >= 11 is 0. The molecule has 1 aromatic rings. The Balaban J connectivity index is 1.94. The van der Waals surface area contributed by atoms with Gasteiger partial charge in [-0.3, -0.25) is 14.6 Å². The van der Waals surface area contributed by atoms with Crippen LogP contribution in [0.1, 0.15) is 51.5 Å². The maximum atomic E-state index is 12.8. The van der Waals surface area contributed by atoms with Gasteiger partial charge in [-0.25, -0.2) is 4.79 Å². The van der Waals surface area contributed by atoms with Gasteiger partial charge in [0, 0.05) is 36.6 Å². The van der Waals surface area contributed by atoms with Crippen molar-refractivity contribution >= 4 is 17.8 Å². The molecule has 0 spiro atoms. The summed E-state index contributed by atoms with van der Waals surface area (Å²) in [6, 6.07) is 3.90. The second-order valence-electron chi connectivity index (χ2n) is 7.49. The van der Waals surface area contributed by atoms with Gasteiger partial charge in [0.25, 0.3) is 0 Å². The molecule has 1 fully saturated rings. The molecule has 7 nitrogen and oxygen atoms in total. The second kappa shape index (κ2) is 11.3. The van der Waals surface area contributed by atoms with Crippen LogP contribution in [0.2, 0.25) is 0 Å². The highest BCUT2D eigenvalue weighted by Gasteiger charge is 2.30. The Bertz CT molecular complexity index is 729. The minimum Gasteiger partial charge on any atom is -0.478 e. The van der Waals surface area contributed by atoms with E-state index in [0.717, 1.165) is 50.2 Å². The van der Waals surface area contributed by atoms with Crippen LogP contribution in [0.3, 0.4) is 0 Å². The van der Waals surface area contributed by atoms with Crippen molar-refractivity contribution in [2.45, 2.75) is 52.4 Å². The van der Waals surface area contributed by atoms with Gasteiger partial charge in [0.1, 0.15) is 0 Å². The molecule has 0 radical (unpaired) electrons. The zero-order chi connectivity index (χ0) is 21.2. The number of nitrogens with zero attached hydrogens (tertiary/aromatic N) is 2. The summed E-state index contributed by atoms with van der Waals surface area (Å²) in [5.41, 5.74) is 1.56. The van der Waals surface area contributed by atoms with Crippen LogP contribution in [0.25, 0.3) is 0 Å². The van der Waals surface area contributed by atoms with E-state index in [4.69, 9.17) is 5.11 Å². The van der Waals surface area contributed by atoms with Gasteiger partial charge in [-0.05, 0) is 62.1 Å². The Morgan fingerprint density at radius 2 is 2.00 bits per heavy atom. The molecule has 1 atom stereocenters. The molecule has 0 bridgehead atoms. The van der Waals surface area contributed by atoms with Crippen LogP contribution >= 0.6 is 0 Å². The Morgan fingerprint density at radius 3 is 2.62 bits per heavy atom. The van der Waals surface area contributed by atoms with Crippen molar-refractivity contribution in [1.82, 2.24) is 15.2 Å². The number of hydrogen-bond donors (Lipinski definition) is 2. The third-order valence-corrected chi connectivity index (χ3v) is 5.49. The van der Waals surface area contributed by atoms with E-state index in [9.17, 15) is 14.4 Å². The lowest BCUT2D eigenvalue weighted by atomic mass is 9.91. The maximum Gasteiger partial charge on any atom is 0.330 e. The molecular formula is C22H31N3O4. The minimum absolute atomic E-state index is 0.00625. The van der Waals surface area contributed by atoms with Gasteiger partial charge >= 0.3 is 5.97 Å². The quantitative estimate of drug-likeness (QED) is 0.587. The molecule has 0 saturated carbocycles. The molecule has 29 heavy (non-hydrogen) atoms. The molecule has 0 aliphatic carbocycles. The first-order chi connectivity index (χ1) is 13.9. The van der Waals surface area contributed by atoms with Crippen LogP contribution in [-0.2, 0) is 20.8 Å². The van der Waals surface area contributed by atoms with E-state index in [0.29, 0.717) is 12.2 Å². The zero-order valence-corrected chi connectivity index (χ0v) is 17.3. The van der Waals surface area contributed by atoms with Gasteiger partial charge in [-0.15, -0.1) is 0 Å². The largest absolute Gasteiger partial charge is 0.478 e. The summed E-state index contributed by atoms with van der Waals surface area (Å²) in [7, 11) is 0. The molecular weight excluding hydrogens is 370 g/mol. The summed E-state index contributed by atoms with van der Waals surface area (Å²) in [5, 5.41) is 11.8. The predicted octanol–water partition coefficient (Wildman–Crippen LogP) is 2.77. The monoisotopic (exact) mass is 401 g/mol. The number of rotatable bonds is 10. The van der Waals surface area contributed by atoms with E-state index >= 15 is 0 Å². The fourth-order valence-corrected chi connectivity index (χ4v) is 3.83. The van der Waals surface area contributed by atoms with Gasteiger partial charge < -0.3 is 15.3 Å². The number of aryl methyl sites for hydroxylation is 1. The highest BCUT2D eigenvalue weighted by atomic mass is 16.4. The normalized spacial score (nSPS) is 17.5.